The lowest BCUT2D eigenvalue weighted by molar-refractivity contribution is 0.557. The second-order valence-electron chi connectivity index (χ2n) is 4.46. The van der Waals surface area contributed by atoms with Crippen molar-refractivity contribution in [3.8, 4) is 0 Å². The van der Waals surface area contributed by atoms with Crippen molar-refractivity contribution in [1.82, 2.24) is 4.98 Å². The lowest BCUT2D eigenvalue weighted by Gasteiger charge is -2.12. The molecule has 0 amide bonds. The first kappa shape index (κ1) is 15.2. The van der Waals surface area contributed by atoms with E-state index in [-0.39, 0.29) is 5.69 Å². The number of sulfonamides is 1. The molecule has 1 aromatic heterocycles. The van der Waals surface area contributed by atoms with Crippen molar-refractivity contribution in [3.63, 3.8) is 0 Å². The Kier molecular flexibility index (Phi) is 3.82. The molecule has 112 valence electrons. The Morgan fingerprint density at radius 2 is 1.81 bits per heavy atom. The maximum Gasteiger partial charge on any atom is 0.264 e. The second kappa shape index (κ2) is 5.28. The molecule has 0 fully saturated rings. The molecule has 8 heteroatoms. The van der Waals surface area contributed by atoms with Crippen molar-refractivity contribution < 1.29 is 17.2 Å². The molecule has 0 radical (unpaired) electrons. The summed E-state index contributed by atoms with van der Waals surface area (Å²) in [7, 11) is -4.23. The Balaban J connectivity index is 2.46. The highest BCUT2D eigenvalue weighted by molar-refractivity contribution is 7.92. The predicted octanol–water partition coefficient (Wildman–Crippen LogP) is 2.36. The van der Waals surface area contributed by atoms with Gasteiger partial charge in [-0.15, -0.1) is 0 Å². The first-order valence-corrected chi connectivity index (χ1v) is 7.41. The molecule has 0 bridgehead atoms. The zero-order valence-corrected chi connectivity index (χ0v) is 12.1. The van der Waals surface area contributed by atoms with Crippen LogP contribution in [0.25, 0.3) is 0 Å². The minimum absolute atomic E-state index is 0.211. The molecular weight excluding hydrogens is 300 g/mol. The normalized spacial score (nSPS) is 11.4. The van der Waals surface area contributed by atoms with Gasteiger partial charge >= 0.3 is 0 Å². The molecule has 21 heavy (non-hydrogen) atoms. The van der Waals surface area contributed by atoms with Crippen LogP contribution in [0.4, 0.5) is 20.2 Å². The molecule has 0 unspecified atom stereocenters. The van der Waals surface area contributed by atoms with Gasteiger partial charge in [0.25, 0.3) is 10.0 Å². The first-order chi connectivity index (χ1) is 9.72. The Labute approximate surface area is 120 Å². The SMILES string of the molecule is Cc1ccc(NS(=O)(=O)c2ccc(F)c(N)c2F)c(C)n1. The fourth-order valence-corrected chi connectivity index (χ4v) is 2.96. The number of anilines is 2. The molecular formula is C13H13F2N3O2S. The van der Waals surface area contributed by atoms with Gasteiger partial charge in [-0.05, 0) is 38.1 Å². The number of benzene rings is 1. The van der Waals surface area contributed by atoms with E-state index in [0.29, 0.717) is 11.4 Å². The van der Waals surface area contributed by atoms with Crippen molar-refractivity contribution in [3.05, 3.63) is 47.3 Å². The third-order valence-electron chi connectivity index (χ3n) is 2.85. The largest absolute Gasteiger partial charge is 0.394 e. The Morgan fingerprint density at radius 3 is 2.43 bits per heavy atom. The minimum Gasteiger partial charge on any atom is -0.394 e. The van der Waals surface area contributed by atoms with E-state index >= 15 is 0 Å². The van der Waals surface area contributed by atoms with E-state index in [1.807, 2.05) is 0 Å². The van der Waals surface area contributed by atoms with E-state index in [1.54, 1.807) is 19.9 Å². The van der Waals surface area contributed by atoms with E-state index in [4.69, 9.17) is 5.73 Å². The zero-order chi connectivity index (χ0) is 15.8. The van der Waals surface area contributed by atoms with Crippen molar-refractivity contribution >= 4 is 21.4 Å². The minimum atomic E-state index is -4.23. The molecule has 0 aliphatic heterocycles. The van der Waals surface area contributed by atoms with Crippen LogP contribution in [-0.2, 0) is 10.0 Å². The number of nitrogens with two attached hydrogens (primary N) is 1. The molecule has 0 atom stereocenters. The Hall–Kier alpha value is -2.22. The summed E-state index contributed by atoms with van der Waals surface area (Å²) in [6.07, 6.45) is 0. The van der Waals surface area contributed by atoms with Crippen LogP contribution >= 0.6 is 0 Å². The summed E-state index contributed by atoms with van der Waals surface area (Å²) in [5.74, 6) is -2.33. The first-order valence-electron chi connectivity index (χ1n) is 5.93. The van der Waals surface area contributed by atoms with Crippen molar-refractivity contribution in [2.45, 2.75) is 18.7 Å². The van der Waals surface area contributed by atoms with E-state index in [1.165, 1.54) is 6.07 Å². The van der Waals surface area contributed by atoms with Crippen molar-refractivity contribution in [1.29, 1.82) is 0 Å². The number of aromatic nitrogens is 1. The molecule has 1 heterocycles. The monoisotopic (exact) mass is 313 g/mol. The highest BCUT2D eigenvalue weighted by atomic mass is 32.2. The average molecular weight is 313 g/mol. The topological polar surface area (TPSA) is 85.1 Å². The fourth-order valence-electron chi connectivity index (χ4n) is 1.75. The number of hydrogen-bond acceptors (Lipinski definition) is 4. The zero-order valence-electron chi connectivity index (χ0n) is 11.3. The van der Waals surface area contributed by atoms with Crippen molar-refractivity contribution in [2.24, 2.45) is 0 Å². The quantitative estimate of drug-likeness (QED) is 0.852. The number of rotatable bonds is 3. The third-order valence-corrected chi connectivity index (χ3v) is 4.23. The predicted molar refractivity (Wildman–Crippen MR) is 75.3 cm³/mol. The van der Waals surface area contributed by atoms with Crippen LogP contribution in [0.15, 0.2) is 29.2 Å². The third kappa shape index (κ3) is 2.94. The summed E-state index contributed by atoms with van der Waals surface area (Å²) < 4.78 is 53.5. The number of nitrogen functional groups attached to an aromatic ring is 1. The maximum atomic E-state index is 13.8. The Morgan fingerprint density at radius 1 is 1.14 bits per heavy atom. The summed E-state index contributed by atoms with van der Waals surface area (Å²) >= 11 is 0. The molecule has 0 aliphatic carbocycles. The van der Waals surface area contributed by atoms with Gasteiger partial charge in [-0.3, -0.25) is 9.71 Å². The Bertz CT molecular complexity index is 807. The lowest BCUT2D eigenvalue weighted by atomic mass is 10.3. The van der Waals surface area contributed by atoms with Gasteiger partial charge in [-0.1, -0.05) is 0 Å². The number of nitrogens with zero attached hydrogens (tertiary/aromatic N) is 1. The number of halogens is 2. The summed E-state index contributed by atoms with van der Waals surface area (Å²) in [4.78, 5) is 3.38. The molecule has 2 rings (SSSR count). The van der Waals surface area contributed by atoms with Gasteiger partial charge in [0, 0.05) is 5.69 Å². The van der Waals surface area contributed by atoms with E-state index in [2.05, 4.69) is 9.71 Å². The second-order valence-corrected chi connectivity index (χ2v) is 6.12. The van der Waals surface area contributed by atoms with E-state index in [9.17, 15) is 17.2 Å². The molecule has 0 spiro atoms. The van der Waals surface area contributed by atoms with Gasteiger partial charge in [-0.25, -0.2) is 17.2 Å². The van der Waals surface area contributed by atoms with Gasteiger partial charge < -0.3 is 5.73 Å². The van der Waals surface area contributed by atoms with Crippen LogP contribution in [0, 0.1) is 25.5 Å². The molecule has 0 aliphatic rings. The smallest absolute Gasteiger partial charge is 0.264 e. The van der Waals surface area contributed by atoms with Gasteiger partial charge in [0.2, 0.25) is 0 Å². The fraction of sp³-hybridized carbons (Fsp3) is 0.154. The highest BCUT2D eigenvalue weighted by Gasteiger charge is 2.23. The molecule has 5 nitrogen and oxygen atoms in total. The van der Waals surface area contributed by atoms with Gasteiger partial charge in [0.05, 0.1) is 11.4 Å². The lowest BCUT2D eigenvalue weighted by Crippen LogP contribution is -2.17. The number of hydrogen-bond donors (Lipinski definition) is 2. The van der Waals surface area contributed by atoms with Gasteiger partial charge in [0.15, 0.2) is 5.82 Å². The van der Waals surface area contributed by atoms with Crippen LogP contribution in [-0.4, -0.2) is 13.4 Å². The standard InChI is InChI=1S/C13H13F2N3O2S/c1-7-3-5-10(8(2)17-7)18-21(19,20)11-6-4-9(14)13(16)12(11)15/h3-6,18H,16H2,1-2H3. The van der Waals surface area contributed by atoms with Crippen LogP contribution in [0.3, 0.4) is 0 Å². The summed E-state index contributed by atoms with van der Waals surface area (Å²) in [5.41, 5.74) is 5.70. The summed E-state index contributed by atoms with van der Waals surface area (Å²) in [5, 5.41) is 0. The number of pyridine rings is 1. The van der Waals surface area contributed by atoms with E-state index in [0.717, 1.165) is 12.1 Å². The molecule has 0 saturated heterocycles. The van der Waals surface area contributed by atoms with Crippen LogP contribution in [0.1, 0.15) is 11.4 Å². The molecule has 3 N–H and O–H groups in total. The average Bonchev–Trinajstić information content (AvgIpc) is 2.39. The summed E-state index contributed by atoms with van der Waals surface area (Å²) in [6.45, 7) is 3.37. The number of aryl methyl sites for hydroxylation is 2. The molecule has 0 saturated carbocycles. The van der Waals surface area contributed by atoms with Gasteiger partial charge in [0.1, 0.15) is 16.4 Å². The van der Waals surface area contributed by atoms with Gasteiger partial charge in [-0.2, -0.15) is 0 Å². The van der Waals surface area contributed by atoms with Crippen LogP contribution < -0.4 is 10.5 Å². The summed E-state index contributed by atoms with van der Waals surface area (Å²) in [6, 6.07) is 4.74. The molecule has 1 aromatic carbocycles. The highest BCUT2D eigenvalue weighted by Crippen LogP contribution is 2.25. The maximum absolute atomic E-state index is 13.8. The van der Waals surface area contributed by atoms with Crippen molar-refractivity contribution in [2.75, 3.05) is 10.5 Å². The number of nitrogens with one attached hydrogen (secondary N) is 1. The van der Waals surface area contributed by atoms with Crippen LogP contribution in [0.5, 0.6) is 0 Å². The molecule has 2 aromatic rings. The van der Waals surface area contributed by atoms with Crippen LogP contribution in [0.2, 0.25) is 0 Å². The van der Waals surface area contributed by atoms with E-state index < -0.39 is 32.2 Å².